The normalized spacial score (nSPS) is 11.6. The zero-order valence-corrected chi connectivity index (χ0v) is 11.0. The molecule has 4 nitrogen and oxygen atoms in total. The maximum atomic E-state index is 13.2. The average Bonchev–Trinajstić information content (AvgIpc) is 2.38. The Morgan fingerprint density at radius 1 is 1.37 bits per heavy atom. The number of hydrogen-bond donors (Lipinski definition) is 2. The largest absolute Gasteiger partial charge is 0.409 e. The van der Waals surface area contributed by atoms with Gasteiger partial charge in [-0.15, -0.1) is 0 Å². The van der Waals surface area contributed by atoms with Crippen LogP contribution in [0, 0.1) is 12.7 Å². The zero-order valence-electron chi connectivity index (χ0n) is 10.2. The van der Waals surface area contributed by atoms with Crippen molar-refractivity contribution in [1.29, 1.82) is 0 Å². The fourth-order valence-corrected chi connectivity index (χ4v) is 2.52. The summed E-state index contributed by atoms with van der Waals surface area (Å²) in [4.78, 5) is 5.03. The summed E-state index contributed by atoms with van der Waals surface area (Å²) in [7, 11) is 0. The van der Waals surface area contributed by atoms with Crippen molar-refractivity contribution in [3.63, 3.8) is 0 Å². The van der Waals surface area contributed by atoms with Gasteiger partial charge in [-0.2, -0.15) is 0 Å². The van der Waals surface area contributed by atoms with Crippen LogP contribution in [0.5, 0.6) is 0 Å². The highest BCUT2D eigenvalue weighted by Crippen LogP contribution is 2.29. The van der Waals surface area contributed by atoms with Crippen LogP contribution in [0.3, 0.4) is 0 Å². The van der Waals surface area contributed by atoms with Crippen molar-refractivity contribution in [3.05, 3.63) is 53.5 Å². The topological polar surface area (TPSA) is 71.5 Å². The van der Waals surface area contributed by atoms with Gasteiger partial charge in [0.25, 0.3) is 0 Å². The van der Waals surface area contributed by atoms with Crippen LogP contribution in [0.25, 0.3) is 0 Å². The summed E-state index contributed by atoms with van der Waals surface area (Å²) in [6, 6.07) is 9.66. The van der Waals surface area contributed by atoms with Crippen molar-refractivity contribution >= 4 is 17.6 Å². The maximum Gasteiger partial charge on any atom is 0.172 e. The van der Waals surface area contributed by atoms with Gasteiger partial charge >= 0.3 is 0 Å². The predicted molar refractivity (Wildman–Crippen MR) is 72.0 cm³/mol. The molecule has 0 bridgehead atoms. The number of amidine groups is 1. The first kappa shape index (κ1) is 13.4. The molecule has 6 heteroatoms. The van der Waals surface area contributed by atoms with Gasteiger partial charge in [-0.1, -0.05) is 23.0 Å². The van der Waals surface area contributed by atoms with Gasteiger partial charge in [-0.25, -0.2) is 9.37 Å². The molecule has 0 atom stereocenters. The molecule has 0 aliphatic carbocycles. The van der Waals surface area contributed by atoms with Crippen molar-refractivity contribution in [3.8, 4) is 0 Å². The first-order valence-corrected chi connectivity index (χ1v) is 6.31. The number of oxime groups is 1. The van der Waals surface area contributed by atoms with Crippen LogP contribution in [0.4, 0.5) is 4.39 Å². The second kappa shape index (κ2) is 5.71. The van der Waals surface area contributed by atoms with Crippen molar-refractivity contribution in [2.24, 2.45) is 10.9 Å². The van der Waals surface area contributed by atoms with Crippen molar-refractivity contribution in [1.82, 2.24) is 4.98 Å². The van der Waals surface area contributed by atoms with E-state index in [-0.39, 0.29) is 11.7 Å². The van der Waals surface area contributed by atoms with Crippen LogP contribution >= 0.6 is 11.8 Å². The van der Waals surface area contributed by atoms with E-state index in [1.165, 1.54) is 23.9 Å². The average molecular weight is 277 g/mol. The second-order valence-electron chi connectivity index (χ2n) is 3.85. The molecule has 3 N–H and O–H groups in total. The lowest BCUT2D eigenvalue weighted by Crippen LogP contribution is -2.15. The van der Waals surface area contributed by atoms with Crippen molar-refractivity contribution < 1.29 is 9.60 Å². The van der Waals surface area contributed by atoms with Gasteiger partial charge in [-0.3, -0.25) is 0 Å². The van der Waals surface area contributed by atoms with E-state index in [0.29, 0.717) is 15.5 Å². The van der Waals surface area contributed by atoms with Gasteiger partial charge in [0.15, 0.2) is 5.84 Å². The molecular formula is C13H12FN3OS. The van der Waals surface area contributed by atoms with E-state index in [9.17, 15) is 4.39 Å². The van der Waals surface area contributed by atoms with E-state index in [0.717, 1.165) is 5.69 Å². The third-order valence-corrected chi connectivity index (χ3v) is 3.39. The first-order chi connectivity index (χ1) is 9.10. The van der Waals surface area contributed by atoms with Gasteiger partial charge in [0.05, 0.1) is 5.56 Å². The molecule has 0 spiro atoms. The Hall–Kier alpha value is -2.08. The Bertz CT molecular complexity index is 631. The summed E-state index contributed by atoms with van der Waals surface area (Å²) in [6.45, 7) is 1.84. The van der Waals surface area contributed by atoms with Crippen LogP contribution in [-0.2, 0) is 0 Å². The van der Waals surface area contributed by atoms with Gasteiger partial charge in [-0.05, 0) is 37.3 Å². The van der Waals surface area contributed by atoms with E-state index in [4.69, 9.17) is 10.9 Å². The number of nitrogens with zero attached hydrogens (tertiary/aromatic N) is 2. The van der Waals surface area contributed by atoms with Crippen LogP contribution in [-0.4, -0.2) is 16.0 Å². The van der Waals surface area contributed by atoms with Crippen LogP contribution < -0.4 is 5.73 Å². The summed E-state index contributed by atoms with van der Waals surface area (Å²) < 4.78 is 13.2. The molecule has 1 heterocycles. The Balaban J connectivity index is 2.41. The number of hydrogen-bond acceptors (Lipinski definition) is 4. The smallest absolute Gasteiger partial charge is 0.172 e. The highest BCUT2D eigenvalue weighted by atomic mass is 32.2. The Morgan fingerprint density at radius 3 is 2.84 bits per heavy atom. The van der Waals surface area contributed by atoms with Crippen LogP contribution in [0.1, 0.15) is 11.3 Å². The quantitative estimate of drug-likeness (QED) is 0.391. The molecule has 0 unspecified atom stereocenters. The predicted octanol–water partition coefficient (Wildman–Crippen LogP) is 2.77. The van der Waals surface area contributed by atoms with Gasteiger partial charge in [0, 0.05) is 10.6 Å². The minimum absolute atomic E-state index is 0.0218. The molecule has 2 rings (SSSR count). The van der Waals surface area contributed by atoms with Crippen LogP contribution in [0.2, 0.25) is 0 Å². The number of nitrogens with two attached hydrogens (primary N) is 1. The lowest BCUT2D eigenvalue weighted by molar-refractivity contribution is 0.318. The molecule has 0 radical (unpaired) electrons. The minimum atomic E-state index is -0.317. The Labute approximate surface area is 114 Å². The Kier molecular flexibility index (Phi) is 4.01. The maximum absolute atomic E-state index is 13.2. The lowest BCUT2D eigenvalue weighted by atomic mass is 10.2. The highest BCUT2D eigenvalue weighted by molar-refractivity contribution is 7.99. The number of halogens is 1. The fraction of sp³-hybridized carbons (Fsp3) is 0.0769. The van der Waals surface area contributed by atoms with E-state index in [2.05, 4.69) is 10.1 Å². The van der Waals surface area contributed by atoms with Crippen LogP contribution in [0.15, 0.2) is 51.5 Å². The summed E-state index contributed by atoms with van der Waals surface area (Å²) in [5.74, 6) is -0.339. The first-order valence-electron chi connectivity index (χ1n) is 5.49. The molecule has 2 aromatic rings. The van der Waals surface area contributed by atoms with Gasteiger partial charge in [0.1, 0.15) is 10.8 Å². The zero-order chi connectivity index (χ0) is 13.8. The molecule has 0 saturated heterocycles. The molecular weight excluding hydrogens is 265 g/mol. The highest BCUT2D eigenvalue weighted by Gasteiger charge is 2.11. The van der Waals surface area contributed by atoms with E-state index >= 15 is 0 Å². The van der Waals surface area contributed by atoms with Gasteiger partial charge < -0.3 is 10.9 Å². The van der Waals surface area contributed by atoms with E-state index in [1.807, 2.05) is 6.92 Å². The molecule has 98 valence electrons. The lowest BCUT2D eigenvalue weighted by Gasteiger charge is -2.08. The third-order valence-electron chi connectivity index (χ3n) is 2.39. The molecule has 1 aromatic carbocycles. The number of aromatic nitrogens is 1. The number of aryl methyl sites for hydroxylation is 1. The molecule has 19 heavy (non-hydrogen) atoms. The standard InChI is InChI=1S/C13H12FN3OS/c1-8-5-6-11(12(15)17-18)13(16-8)19-10-4-2-3-9(14)7-10/h2-7,18H,1H3,(H2,15,17). The number of rotatable bonds is 3. The third kappa shape index (κ3) is 3.23. The molecule has 0 fully saturated rings. The Morgan fingerprint density at radius 2 is 2.16 bits per heavy atom. The molecule has 0 aliphatic heterocycles. The fourth-order valence-electron chi connectivity index (χ4n) is 1.50. The van der Waals surface area contributed by atoms with E-state index in [1.54, 1.807) is 24.3 Å². The number of benzene rings is 1. The minimum Gasteiger partial charge on any atom is -0.409 e. The SMILES string of the molecule is Cc1ccc(C(N)=NO)c(Sc2cccc(F)c2)n1. The summed E-state index contributed by atoms with van der Waals surface area (Å²) in [6.07, 6.45) is 0. The molecule has 1 aromatic heterocycles. The van der Waals surface area contributed by atoms with Crippen molar-refractivity contribution in [2.45, 2.75) is 16.8 Å². The summed E-state index contributed by atoms with van der Waals surface area (Å²) in [5.41, 5.74) is 6.92. The summed E-state index contributed by atoms with van der Waals surface area (Å²) >= 11 is 1.26. The monoisotopic (exact) mass is 277 g/mol. The second-order valence-corrected chi connectivity index (χ2v) is 4.91. The van der Waals surface area contributed by atoms with Gasteiger partial charge in [0.2, 0.25) is 0 Å². The number of pyridine rings is 1. The van der Waals surface area contributed by atoms with Crippen molar-refractivity contribution in [2.75, 3.05) is 0 Å². The molecule has 0 saturated carbocycles. The molecule has 0 aliphatic rings. The molecule has 0 amide bonds. The van der Waals surface area contributed by atoms with E-state index < -0.39 is 0 Å². The summed E-state index contributed by atoms with van der Waals surface area (Å²) in [5, 5.41) is 12.3.